The van der Waals surface area contributed by atoms with Crippen molar-refractivity contribution in [2.24, 2.45) is 0 Å². The molecule has 9 nitrogen and oxygen atoms in total. The Morgan fingerprint density at radius 3 is 2.51 bits per heavy atom. The third-order valence-electron chi connectivity index (χ3n) is 6.68. The molecule has 3 aromatic heterocycles. The molecule has 1 aliphatic carbocycles. The van der Waals surface area contributed by atoms with Crippen LogP contribution < -0.4 is 9.47 Å². The number of amides is 1. The first kappa shape index (κ1) is 23.2. The predicted octanol–water partition coefficient (Wildman–Crippen LogP) is 3.70. The fraction of sp³-hybridized carbons (Fsp3) is 0.320. The summed E-state index contributed by atoms with van der Waals surface area (Å²) in [5.41, 5.74) is 3.23. The van der Waals surface area contributed by atoms with Crippen molar-refractivity contribution in [1.29, 1.82) is 0 Å². The molecule has 2 fully saturated rings. The number of ether oxygens (including phenoxy) is 2. The van der Waals surface area contributed by atoms with Crippen molar-refractivity contribution in [2.45, 2.75) is 24.2 Å². The maximum atomic E-state index is 13.5. The first-order chi connectivity index (χ1) is 17.8. The minimum atomic E-state index is -2.88. The van der Waals surface area contributed by atoms with Crippen LogP contribution in [-0.2, 0) is 0 Å². The van der Waals surface area contributed by atoms with Gasteiger partial charge in [-0.1, -0.05) is 12.1 Å². The van der Waals surface area contributed by atoms with Crippen molar-refractivity contribution < 1.29 is 27.4 Å². The normalized spacial score (nSPS) is 20.0. The number of hydrogen-bond donors (Lipinski definition) is 0. The highest BCUT2D eigenvalue weighted by Gasteiger charge is 2.47. The highest BCUT2D eigenvalue weighted by atomic mass is 19.3. The van der Waals surface area contributed by atoms with E-state index in [-0.39, 0.29) is 35.2 Å². The molecule has 0 spiro atoms. The number of carbonyl (C=O) groups excluding carboxylic acids is 1. The molecular weight excluding hydrogens is 489 g/mol. The lowest BCUT2D eigenvalue weighted by Crippen LogP contribution is -2.58. The van der Waals surface area contributed by atoms with Gasteiger partial charge in [0.2, 0.25) is 5.88 Å². The number of fused-ring (bicyclic) bond motifs is 1. The summed E-state index contributed by atoms with van der Waals surface area (Å²) in [5.74, 6) is -3.38. The van der Waals surface area contributed by atoms with Gasteiger partial charge in [-0.05, 0) is 42.0 Å². The number of halogens is 3. The van der Waals surface area contributed by atoms with Crippen LogP contribution in [0.5, 0.6) is 11.9 Å². The number of hydrogen-bond acceptors (Lipinski definition) is 7. The monoisotopic (exact) mass is 510 g/mol. The van der Waals surface area contributed by atoms with Gasteiger partial charge < -0.3 is 14.4 Å². The van der Waals surface area contributed by atoms with Gasteiger partial charge in [0.1, 0.15) is 11.5 Å². The van der Waals surface area contributed by atoms with E-state index in [0.717, 1.165) is 22.4 Å². The number of benzene rings is 1. The molecule has 0 bridgehead atoms. The maximum absolute atomic E-state index is 13.5. The lowest BCUT2D eigenvalue weighted by molar-refractivity contribution is -0.113. The smallest absolute Gasteiger partial charge is 0.319 e. The summed E-state index contributed by atoms with van der Waals surface area (Å²) in [6.07, 6.45) is 3.75. The van der Waals surface area contributed by atoms with E-state index in [1.807, 2.05) is 6.07 Å². The number of carbonyl (C=O) groups is 1. The summed E-state index contributed by atoms with van der Waals surface area (Å²) < 4.78 is 52.1. The van der Waals surface area contributed by atoms with Crippen LogP contribution in [0, 0.1) is 5.82 Å². The number of rotatable bonds is 6. The third-order valence-corrected chi connectivity index (χ3v) is 6.68. The van der Waals surface area contributed by atoms with Crippen molar-refractivity contribution in [3.05, 3.63) is 65.4 Å². The summed E-state index contributed by atoms with van der Waals surface area (Å²) in [5, 5.41) is 4.61. The molecule has 1 aliphatic heterocycles. The van der Waals surface area contributed by atoms with E-state index >= 15 is 0 Å². The Bertz CT molecular complexity index is 1520. The van der Waals surface area contributed by atoms with Gasteiger partial charge in [0.15, 0.2) is 5.65 Å². The van der Waals surface area contributed by atoms with Gasteiger partial charge in [-0.2, -0.15) is 10.1 Å². The molecule has 1 amide bonds. The van der Waals surface area contributed by atoms with E-state index < -0.39 is 24.9 Å². The van der Waals surface area contributed by atoms with Crippen LogP contribution in [0.15, 0.2) is 42.7 Å². The zero-order valence-corrected chi connectivity index (χ0v) is 19.9. The van der Waals surface area contributed by atoms with Crippen molar-refractivity contribution in [1.82, 2.24) is 29.5 Å². The van der Waals surface area contributed by atoms with Gasteiger partial charge in [0.25, 0.3) is 11.8 Å². The Kier molecular flexibility index (Phi) is 5.28. The van der Waals surface area contributed by atoms with Crippen molar-refractivity contribution in [3.63, 3.8) is 0 Å². The lowest BCUT2D eigenvalue weighted by atomic mass is 10.0. The second-order valence-electron chi connectivity index (χ2n) is 9.18. The molecule has 1 saturated heterocycles. The van der Waals surface area contributed by atoms with Crippen LogP contribution in [0.4, 0.5) is 13.2 Å². The fourth-order valence-electron chi connectivity index (χ4n) is 4.72. The molecule has 1 aromatic carbocycles. The second-order valence-corrected chi connectivity index (χ2v) is 9.18. The molecule has 0 radical (unpaired) electrons. The molecule has 37 heavy (non-hydrogen) atoms. The van der Waals surface area contributed by atoms with E-state index in [9.17, 15) is 18.0 Å². The quantitative estimate of drug-likeness (QED) is 0.390. The Hall–Kier alpha value is -4.22. The van der Waals surface area contributed by atoms with Crippen molar-refractivity contribution >= 4 is 11.6 Å². The van der Waals surface area contributed by atoms with E-state index in [1.54, 1.807) is 12.1 Å². The number of likely N-dealkylation sites (tertiary alicyclic amines) is 1. The van der Waals surface area contributed by atoms with E-state index in [1.165, 1.54) is 43.3 Å². The Balaban J connectivity index is 1.44. The molecule has 0 unspecified atom stereocenters. The summed E-state index contributed by atoms with van der Waals surface area (Å²) >= 11 is 0. The van der Waals surface area contributed by atoms with E-state index in [4.69, 9.17) is 9.47 Å². The summed E-state index contributed by atoms with van der Waals surface area (Å²) in [7, 11) is 2.91. The maximum Gasteiger partial charge on any atom is 0.319 e. The van der Waals surface area contributed by atoms with E-state index in [2.05, 4.69) is 20.1 Å². The minimum absolute atomic E-state index is 0.0262. The van der Waals surface area contributed by atoms with Crippen molar-refractivity contribution in [3.8, 4) is 23.1 Å². The highest BCUT2D eigenvalue weighted by molar-refractivity contribution is 5.93. The Morgan fingerprint density at radius 1 is 1.08 bits per heavy atom. The first-order valence-electron chi connectivity index (χ1n) is 11.5. The zero-order chi connectivity index (χ0) is 25.9. The molecule has 2 atom stereocenters. The van der Waals surface area contributed by atoms with Crippen molar-refractivity contribution in [2.75, 3.05) is 27.3 Å². The number of imidazole rings is 1. The molecule has 0 N–H and O–H groups in total. The third kappa shape index (κ3) is 4.11. The molecule has 6 rings (SSSR count). The average Bonchev–Trinajstić information content (AvgIpc) is 3.56. The molecule has 4 heterocycles. The standard InChI is InChI=1S/C25H21F3N6O3/c1-36-22-18(9-29-24(31-22)37-2)19-8-17(16-7-15(16)13-3-5-14(26)6-4-13)21-30-20(10-34(21)32-19)23(35)33-11-25(27,28)12-33/h3-6,8-10,15-16H,7,11-12H2,1-2H3/t15-,16+/m1/s1. The lowest BCUT2D eigenvalue weighted by Gasteiger charge is -2.38. The molecule has 12 heteroatoms. The Morgan fingerprint density at radius 2 is 1.84 bits per heavy atom. The van der Waals surface area contributed by atoms with Gasteiger partial charge in [-0.3, -0.25) is 4.79 Å². The second kappa shape index (κ2) is 8.43. The highest BCUT2D eigenvalue weighted by Crippen LogP contribution is 2.55. The molecule has 1 saturated carbocycles. The van der Waals surface area contributed by atoms with Gasteiger partial charge in [-0.25, -0.2) is 27.7 Å². The summed E-state index contributed by atoms with van der Waals surface area (Å²) in [4.78, 5) is 26.8. The first-order valence-corrected chi connectivity index (χ1v) is 11.5. The van der Waals surface area contributed by atoms with Gasteiger partial charge in [0, 0.05) is 11.8 Å². The molecule has 2 aliphatic rings. The van der Waals surface area contributed by atoms with Crippen LogP contribution in [0.1, 0.15) is 39.9 Å². The Labute approximate surface area is 208 Å². The number of methoxy groups -OCH3 is 2. The SMILES string of the molecule is COc1ncc(-c2cc([C@H]3C[C@@H]3c3ccc(F)cc3)c3nc(C(=O)N4CC(F)(F)C4)cn3n2)c(OC)n1. The molecule has 190 valence electrons. The summed E-state index contributed by atoms with van der Waals surface area (Å²) in [6, 6.07) is 8.33. The van der Waals surface area contributed by atoms with Gasteiger partial charge in [0.05, 0.1) is 44.8 Å². The topological polar surface area (TPSA) is 94.7 Å². The minimum Gasteiger partial charge on any atom is -0.480 e. The fourth-order valence-corrected chi connectivity index (χ4v) is 4.72. The van der Waals surface area contributed by atoms with Crippen LogP contribution in [-0.4, -0.2) is 68.6 Å². The van der Waals surface area contributed by atoms with Crippen LogP contribution in [0.3, 0.4) is 0 Å². The number of aromatic nitrogens is 5. The predicted molar refractivity (Wildman–Crippen MR) is 124 cm³/mol. The van der Waals surface area contributed by atoms with Crippen LogP contribution in [0.2, 0.25) is 0 Å². The summed E-state index contributed by atoms with van der Waals surface area (Å²) in [6.45, 7) is -1.28. The van der Waals surface area contributed by atoms with Crippen LogP contribution in [0.25, 0.3) is 16.9 Å². The number of nitrogens with zero attached hydrogens (tertiary/aromatic N) is 6. The zero-order valence-electron chi connectivity index (χ0n) is 19.9. The van der Waals surface area contributed by atoms with Crippen LogP contribution >= 0.6 is 0 Å². The number of alkyl halides is 2. The average molecular weight is 510 g/mol. The molecular formula is C25H21F3N6O3. The molecule has 4 aromatic rings. The largest absolute Gasteiger partial charge is 0.480 e. The van der Waals surface area contributed by atoms with E-state index in [0.29, 0.717) is 16.9 Å². The van der Waals surface area contributed by atoms with Gasteiger partial charge >= 0.3 is 6.01 Å². The van der Waals surface area contributed by atoms with Gasteiger partial charge in [-0.15, -0.1) is 0 Å².